The van der Waals surface area contributed by atoms with Crippen LogP contribution in [0, 0.1) is 0 Å². The van der Waals surface area contributed by atoms with Crippen molar-refractivity contribution < 1.29 is 4.79 Å². The fourth-order valence-corrected chi connectivity index (χ4v) is 3.35. The highest BCUT2D eigenvalue weighted by molar-refractivity contribution is 5.73. The van der Waals surface area contributed by atoms with Crippen LogP contribution in [0.25, 0.3) is 0 Å². The number of hydrogen-bond donors (Lipinski definition) is 2. The molecular formula is C16H25N5O. The number of anilines is 1. The molecule has 1 aromatic heterocycles. The zero-order valence-corrected chi connectivity index (χ0v) is 13.2. The van der Waals surface area contributed by atoms with Crippen LogP contribution in [0.3, 0.4) is 0 Å². The zero-order chi connectivity index (χ0) is 15.4. The van der Waals surface area contributed by atoms with Gasteiger partial charge in [-0.15, -0.1) is 0 Å². The maximum Gasteiger partial charge on any atom is 0.217 e. The van der Waals surface area contributed by atoms with E-state index in [1.165, 1.54) is 12.8 Å². The van der Waals surface area contributed by atoms with Crippen LogP contribution in [-0.4, -0.2) is 48.1 Å². The van der Waals surface area contributed by atoms with E-state index in [0.29, 0.717) is 12.0 Å². The Hall–Kier alpha value is -1.69. The second kappa shape index (κ2) is 7.05. The topological polar surface area (TPSA) is 70.2 Å². The highest BCUT2D eigenvalue weighted by Crippen LogP contribution is 2.23. The summed E-state index contributed by atoms with van der Waals surface area (Å²) in [6.07, 6.45) is 8.19. The number of aromatic nitrogens is 2. The number of piperidine rings is 2. The zero-order valence-electron chi connectivity index (χ0n) is 13.2. The monoisotopic (exact) mass is 303 g/mol. The average Bonchev–Trinajstić information content (AvgIpc) is 2.56. The van der Waals surface area contributed by atoms with Crippen molar-refractivity contribution in [2.24, 2.45) is 0 Å². The first-order chi connectivity index (χ1) is 10.7. The first-order valence-corrected chi connectivity index (χ1v) is 8.27. The van der Waals surface area contributed by atoms with Crippen molar-refractivity contribution in [3.05, 3.63) is 18.1 Å². The van der Waals surface area contributed by atoms with Crippen LogP contribution in [-0.2, 0) is 4.79 Å². The molecule has 0 bridgehead atoms. The molecule has 2 N–H and O–H groups in total. The van der Waals surface area contributed by atoms with Crippen molar-refractivity contribution in [1.82, 2.24) is 20.6 Å². The lowest BCUT2D eigenvalue weighted by Crippen LogP contribution is -2.44. The van der Waals surface area contributed by atoms with Crippen molar-refractivity contribution in [2.45, 2.75) is 44.6 Å². The molecule has 2 saturated heterocycles. The van der Waals surface area contributed by atoms with E-state index in [1.54, 1.807) is 6.92 Å². The Morgan fingerprint density at radius 3 is 2.68 bits per heavy atom. The molecule has 0 saturated carbocycles. The van der Waals surface area contributed by atoms with E-state index in [1.807, 2.05) is 12.4 Å². The van der Waals surface area contributed by atoms with E-state index in [4.69, 9.17) is 0 Å². The van der Waals surface area contributed by atoms with Gasteiger partial charge in [-0.1, -0.05) is 0 Å². The van der Waals surface area contributed by atoms with E-state index in [-0.39, 0.29) is 5.91 Å². The number of carbonyl (C=O) groups excluding carboxylic acids is 1. The Morgan fingerprint density at radius 1 is 1.27 bits per heavy atom. The van der Waals surface area contributed by atoms with E-state index in [0.717, 1.165) is 50.5 Å². The number of nitrogens with zero attached hydrogens (tertiary/aromatic N) is 3. The summed E-state index contributed by atoms with van der Waals surface area (Å²) in [4.78, 5) is 22.6. The molecule has 1 atom stereocenters. The SMILES string of the molecule is CC(=O)NC1CCN(c2cnc([C@@H]3CCCNC3)cn2)CC1. The third-order valence-corrected chi connectivity index (χ3v) is 4.60. The molecule has 1 aromatic rings. The summed E-state index contributed by atoms with van der Waals surface area (Å²) in [7, 11) is 0. The standard InChI is InChI=1S/C16H25N5O/c1-12(22)20-14-4-7-21(8-5-14)16-11-18-15(10-19-16)13-3-2-6-17-9-13/h10-11,13-14,17H,2-9H2,1H3,(H,20,22)/t13-/m1/s1. The molecule has 6 heteroatoms. The molecule has 0 aromatic carbocycles. The summed E-state index contributed by atoms with van der Waals surface area (Å²) in [6.45, 7) is 5.55. The smallest absolute Gasteiger partial charge is 0.217 e. The highest BCUT2D eigenvalue weighted by Gasteiger charge is 2.22. The van der Waals surface area contributed by atoms with Crippen LogP contribution in [0.5, 0.6) is 0 Å². The summed E-state index contributed by atoms with van der Waals surface area (Å²) >= 11 is 0. The number of carbonyl (C=O) groups is 1. The van der Waals surface area contributed by atoms with Crippen LogP contribution in [0.1, 0.15) is 44.2 Å². The minimum atomic E-state index is 0.0590. The minimum absolute atomic E-state index is 0.0590. The second-order valence-electron chi connectivity index (χ2n) is 6.30. The first kappa shape index (κ1) is 15.2. The lowest BCUT2D eigenvalue weighted by Gasteiger charge is -2.33. The summed E-state index contributed by atoms with van der Waals surface area (Å²) < 4.78 is 0. The van der Waals surface area contributed by atoms with Crippen LogP contribution >= 0.6 is 0 Å². The molecule has 120 valence electrons. The van der Waals surface area contributed by atoms with Crippen LogP contribution in [0.15, 0.2) is 12.4 Å². The lowest BCUT2D eigenvalue weighted by atomic mass is 9.96. The Bertz CT molecular complexity index is 490. The van der Waals surface area contributed by atoms with Gasteiger partial charge in [-0.25, -0.2) is 4.98 Å². The normalized spacial score (nSPS) is 23.3. The average molecular weight is 303 g/mol. The predicted molar refractivity (Wildman–Crippen MR) is 85.9 cm³/mol. The van der Waals surface area contributed by atoms with Gasteiger partial charge in [-0.2, -0.15) is 0 Å². The van der Waals surface area contributed by atoms with Crippen LogP contribution in [0.4, 0.5) is 5.82 Å². The van der Waals surface area contributed by atoms with E-state index in [2.05, 4.69) is 25.5 Å². The molecule has 3 heterocycles. The maximum absolute atomic E-state index is 11.1. The number of rotatable bonds is 3. The summed E-state index contributed by atoms with van der Waals surface area (Å²) in [5.41, 5.74) is 1.10. The maximum atomic E-state index is 11.1. The largest absolute Gasteiger partial charge is 0.355 e. The lowest BCUT2D eigenvalue weighted by molar-refractivity contribution is -0.119. The van der Waals surface area contributed by atoms with Crippen molar-refractivity contribution in [1.29, 1.82) is 0 Å². The molecular weight excluding hydrogens is 278 g/mol. The van der Waals surface area contributed by atoms with Gasteiger partial charge in [0.2, 0.25) is 5.91 Å². The molecule has 2 fully saturated rings. The van der Waals surface area contributed by atoms with Crippen molar-refractivity contribution in [3.63, 3.8) is 0 Å². The van der Waals surface area contributed by atoms with Gasteiger partial charge in [0.05, 0.1) is 18.1 Å². The summed E-state index contributed by atoms with van der Waals surface area (Å²) in [5, 5.41) is 6.42. The molecule has 0 radical (unpaired) electrons. The van der Waals surface area contributed by atoms with Crippen molar-refractivity contribution in [3.8, 4) is 0 Å². The molecule has 0 aliphatic carbocycles. The van der Waals surface area contributed by atoms with Gasteiger partial charge in [0, 0.05) is 38.5 Å². The second-order valence-corrected chi connectivity index (χ2v) is 6.30. The van der Waals surface area contributed by atoms with Crippen LogP contribution < -0.4 is 15.5 Å². The quantitative estimate of drug-likeness (QED) is 0.873. The molecule has 2 aliphatic rings. The molecule has 22 heavy (non-hydrogen) atoms. The Balaban J connectivity index is 1.56. The van der Waals surface area contributed by atoms with Gasteiger partial charge < -0.3 is 15.5 Å². The Morgan fingerprint density at radius 2 is 2.09 bits per heavy atom. The number of amides is 1. The Kier molecular flexibility index (Phi) is 4.87. The van der Waals surface area contributed by atoms with Crippen LogP contribution in [0.2, 0.25) is 0 Å². The predicted octanol–water partition coefficient (Wildman–Crippen LogP) is 1.05. The third kappa shape index (κ3) is 3.74. The van der Waals surface area contributed by atoms with Crippen molar-refractivity contribution in [2.75, 3.05) is 31.1 Å². The number of hydrogen-bond acceptors (Lipinski definition) is 5. The van der Waals surface area contributed by atoms with E-state index in [9.17, 15) is 4.79 Å². The van der Waals surface area contributed by atoms with Gasteiger partial charge in [0.15, 0.2) is 0 Å². The van der Waals surface area contributed by atoms with Gasteiger partial charge >= 0.3 is 0 Å². The molecule has 0 unspecified atom stereocenters. The summed E-state index contributed by atoms with van der Waals surface area (Å²) in [5.74, 6) is 1.51. The first-order valence-electron chi connectivity index (χ1n) is 8.27. The molecule has 2 aliphatic heterocycles. The van der Waals surface area contributed by atoms with Gasteiger partial charge in [-0.3, -0.25) is 9.78 Å². The molecule has 0 spiro atoms. The fourth-order valence-electron chi connectivity index (χ4n) is 3.35. The highest BCUT2D eigenvalue weighted by atomic mass is 16.1. The minimum Gasteiger partial charge on any atom is -0.355 e. The van der Waals surface area contributed by atoms with E-state index < -0.39 is 0 Å². The fraction of sp³-hybridized carbons (Fsp3) is 0.688. The van der Waals surface area contributed by atoms with Gasteiger partial charge in [0.25, 0.3) is 0 Å². The van der Waals surface area contributed by atoms with E-state index >= 15 is 0 Å². The Labute approximate surface area is 131 Å². The molecule has 3 rings (SSSR count). The van der Waals surface area contributed by atoms with Gasteiger partial charge in [0.1, 0.15) is 5.82 Å². The number of nitrogens with one attached hydrogen (secondary N) is 2. The molecule has 1 amide bonds. The van der Waals surface area contributed by atoms with Gasteiger partial charge in [-0.05, 0) is 32.2 Å². The molecule has 6 nitrogen and oxygen atoms in total. The third-order valence-electron chi connectivity index (χ3n) is 4.60. The summed E-state index contributed by atoms with van der Waals surface area (Å²) in [6, 6.07) is 0.300. The van der Waals surface area contributed by atoms with Crippen molar-refractivity contribution >= 4 is 11.7 Å².